The van der Waals surface area contributed by atoms with Crippen molar-refractivity contribution in [1.29, 1.82) is 0 Å². The van der Waals surface area contributed by atoms with E-state index in [0.717, 1.165) is 28.6 Å². The third-order valence-corrected chi connectivity index (χ3v) is 3.49. The minimum atomic E-state index is 0.549. The van der Waals surface area contributed by atoms with E-state index >= 15 is 0 Å². The van der Waals surface area contributed by atoms with Crippen LogP contribution in [0.4, 0.5) is 0 Å². The third-order valence-electron chi connectivity index (χ3n) is 2.29. The van der Waals surface area contributed by atoms with Crippen molar-refractivity contribution in [3.05, 3.63) is 34.7 Å². The number of rotatable bonds is 5. The van der Waals surface area contributed by atoms with Crippen LogP contribution in [0.25, 0.3) is 0 Å². The highest BCUT2D eigenvalue weighted by Gasteiger charge is 2.09. The molecule has 96 valence electrons. The van der Waals surface area contributed by atoms with Gasteiger partial charge in [-0.05, 0) is 42.1 Å². The molecule has 0 radical (unpaired) electrons. The van der Waals surface area contributed by atoms with Gasteiger partial charge in [0, 0.05) is 23.4 Å². The number of nitrogens with zero attached hydrogens (tertiary/aromatic N) is 2. The summed E-state index contributed by atoms with van der Waals surface area (Å²) in [4.78, 5) is 1.07. The second-order valence-corrected chi connectivity index (χ2v) is 5.15. The molecule has 2 rings (SSSR count). The molecule has 0 aliphatic heterocycles. The predicted octanol–water partition coefficient (Wildman–Crippen LogP) is 3.29. The molecule has 0 atom stereocenters. The average molecular weight is 284 g/mol. The molecule has 1 N–H and O–H groups in total. The highest BCUT2D eigenvalue weighted by Crippen LogP contribution is 2.31. The summed E-state index contributed by atoms with van der Waals surface area (Å²) in [6.07, 6.45) is 0. The SMILES string of the molecule is CCNCc1cc(Cl)ccc1Sc1nnc(C)o1. The first kappa shape index (κ1) is 13.4. The van der Waals surface area contributed by atoms with Crippen molar-refractivity contribution in [2.45, 2.75) is 30.5 Å². The first-order valence-corrected chi connectivity index (χ1v) is 6.85. The first-order chi connectivity index (χ1) is 8.69. The maximum Gasteiger partial charge on any atom is 0.281 e. The van der Waals surface area contributed by atoms with Gasteiger partial charge >= 0.3 is 0 Å². The molecule has 0 amide bonds. The monoisotopic (exact) mass is 283 g/mol. The molecule has 4 nitrogen and oxygen atoms in total. The molecule has 0 saturated heterocycles. The van der Waals surface area contributed by atoms with Crippen LogP contribution >= 0.6 is 23.4 Å². The van der Waals surface area contributed by atoms with Gasteiger partial charge in [-0.2, -0.15) is 0 Å². The van der Waals surface area contributed by atoms with E-state index in [0.29, 0.717) is 11.1 Å². The molecular formula is C12H14ClN3OS. The van der Waals surface area contributed by atoms with Crippen molar-refractivity contribution in [3.8, 4) is 0 Å². The van der Waals surface area contributed by atoms with Gasteiger partial charge in [-0.25, -0.2) is 0 Å². The lowest BCUT2D eigenvalue weighted by Gasteiger charge is -2.08. The molecule has 0 spiro atoms. The van der Waals surface area contributed by atoms with E-state index in [4.69, 9.17) is 16.0 Å². The smallest absolute Gasteiger partial charge is 0.281 e. The molecule has 6 heteroatoms. The summed E-state index contributed by atoms with van der Waals surface area (Å²) in [6.45, 7) is 5.53. The van der Waals surface area contributed by atoms with E-state index < -0.39 is 0 Å². The van der Waals surface area contributed by atoms with Crippen LogP contribution in [0.1, 0.15) is 18.4 Å². The normalized spacial score (nSPS) is 10.8. The third kappa shape index (κ3) is 3.48. The molecule has 1 aromatic carbocycles. The van der Waals surface area contributed by atoms with Gasteiger partial charge in [0.1, 0.15) is 0 Å². The minimum Gasteiger partial charge on any atom is -0.416 e. The molecule has 0 fully saturated rings. The summed E-state index contributed by atoms with van der Waals surface area (Å²) in [5.74, 6) is 0.569. The molecule has 0 bridgehead atoms. The summed E-state index contributed by atoms with van der Waals surface area (Å²) in [6, 6.07) is 5.79. The van der Waals surface area contributed by atoms with E-state index in [1.54, 1.807) is 6.92 Å². The molecule has 1 aromatic heterocycles. The lowest BCUT2D eigenvalue weighted by atomic mass is 10.2. The maximum atomic E-state index is 6.01. The summed E-state index contributed by atoms with van der Waals surface area (Å²) < 4.78 is 5.36. The number of nitrogens with one attached hydrogen (secondary N) is 1. The van der Waals surface area contributed by atoms with Gasteiger partial charge in [0.2, 0.25) is 5.89 Å². The topological polar surface area (TPSA) is 51.0 Å². The predicted molar refractivity (Wildman–Crippen MR) is 72.0 cm³/mol. The summed E-state index contributed by atoms with van der Waals surface area (Å²) in [5, 5.41) is 12.4. The fourth-order valence-corrected chi connectivity index (χ4v) is 2.48. The van der Waals surface area contributed by atoms with E-state index in [9.17, 15) is 0 Å². The number of benzene rings is 1. The standard InChI is InChI=1S/C12H14ClN3OS/c1-3-14-7-9-6-10(13)4-5-11(9)18-12-16-15-8(2)17-12/h4-6,14H,3,7H2,1-2H3. The van der Waals surface area contributed by atoms with Crippen molar-refractivity contribution in [2.24, 2.45) is 0 Å². The first-order valence-electron chi connectivity index (χ1n) is 5.66. The number of hydrogen-bond acceptors (Lipinski definition) is 5. The fraction of sp³-hybridized carbons (Fsp3) is 0.333. The fourth-order valence-electron chi connectivity index (χ4n) is 1.46. The second-order valence-electron chi connectivity index (χ2n) is 3.72. The second kappa shape index (κ2) is 6.22. The molecule has 0 aliphatic rings. The Balaban J connectivity index is 2.20. The zero-order valence-electron chi connectivity index (χ0n) is 10.2. The summed E-state index contributed by atoms with van der Waals surface area (Å²) >= 11 is 7.47. The number of aryl methyl sites for hydroxylation is 1. The maximum absolute atomic E-state index is 6.01. The average Bonchev–Trinajstić information content (AvgIpc) is 2.75. The Morgan fingerprint density at radius 2 is 2.22 bits per heavy atom. The van der Waals surface area contributed by atoms with Crippen molar-refractivity contribution < 1.29 is 4.42 Å². The Morgan fingerprint density at radius 1 is 1.39 bits per heavy atom. The van der Waals surface area contributed by atoms with E-state index in [-0.39, 0.29) is 0 Å². The van der Waals surface area contributed by atoms with Crippen LogP contribution in [-0.2, 0) is 6.54 Å². The molecular weight excluding hydrogens is 270 g/mol. The Labute approximate surface area is 115 Å². The zero-order chi connectivity index (χ0) is 13.0. The highest BCUT2D eigenvalue weighted by atomic mass is 35.5. The van der Waals surface area contributed by atoms with Crippen molar-refractivity contribution >= 4 is 23.4 Å². The molecule has 0 unspecified atom stereocenters. The number of halogens is 1. The van der Waals surface area contributed by atoms with Gasteiger partial charge in [-0.1, -0.05) is 18.5 Å². The van der Waals surface area contributed by atoms with Crippen molar-refractivity contribution in [1.82, 2.24) is 15.5 Å². The zero-order valence-corrected chi connectivity index (χ0v) is 11.8. The number of hydrogen-bond donors (Lipinski definition) is 1. The van der Waals surface area contributed by atoms with E-state index in [1.807, 2.05) is 18.2 Å². The number of aromatic nitrogens is 2. The van der Waals surface area contributed by atoms with Gasteiger partial charge in [0.15, 0.2) is 0 Å². The lowest BCUT2D eigenvalue weighted by Crippen LogP contribution is -2.12. The quantitative estimate of drug-likeness (QED) is 0.912. The Bertz CT molecular complexity index is 530. The van der Waals surface area contributed by atoms with Gasteiger partial charge in [-0.3, -0.25) is 0 Å². The summed E-state index contributed by atoms with van der Waals surface area (Å²) in [5.41, 5.74) is 1.13. The molecule has 1 heterocycles. The van der Waals surface area contributed by atoms with Gasteiger partial charge < -0.3 is 9.73 Å². The van der Waals surface area contributed by atoms with Crippen molar-refractivity contribution in [3.63, 3.8) is 0 Å². The van der Waals surface area contributed by atoms with E-state index in [2.05, 4.69) is 22.4 Å². The van der Waals surface area contributed by atoms with Gasteiger partial charge in [-0.15, -0.1) is 10.2 Å². The van der Waals surface area contributed by atoms with Crippen LogP contribution in [0, 0.1) is 6.92 Å². The van der Waals surface area contributed by atoms with Crippen LogP contribution in [0.15, 0.2) is 32.7 Å². The molecule has 0 saturated carbocycles. The van der Waals surface area contributed by atoms with Crippen LogP contribution in [-0.4, -0.2) is 16.7 Å². The van der Waals surface area contributed by atoms with Crippen LogP contribution in [0.3, 0.4) is 0 Å². The Morgan fingerprint density at radius 3 is 2.89 bits per heavy atom. The highest BCUT2D eigenvalue weighted by molar-refractivity contribution is 7.99. The minimum absolute atomic E-state index is 0.549. The van der Waals surface area contributed by atoms with Gasteiger partial charge in [0.05, 0.1) is 0 Å². The van der Waals surface area contributed by atoms with Crippen LogP contribution < -0.4 is 5.32 Å². The largest absolute Gasteiger partial charge is 0.416 e. The van der Waals surface area contributed by atoms with E-state index in [1.165, 1.54) is 11.8 Å². The lowest BCUT2D eigenvalue weighted by molar-refractivity contribution is 0.429. The molecule has 2 aromatic rings. The molecule has 0 aliphatic carbocycles. The van der Waals surface area contributed by atoms with Crippen LogP contribution in [0.5, 0.6) is 0 Å². The Kier molecular flexibility index (Phi) is 4.63. The Hall–Kier alpha value is -1.04. The van der Waals surface area contributed by atoms with Crippen molar-refractivity contribution in [2.75, 3.05) is 6.54 Å². The summed E-state index contributed by atoms with van der Waals surface area (Å²) in [7, 11) is 0. The molecule has 18 heavy (non-hydrogen) atoms. The van der Waals surface area contributed by atoms with Crippen LogP contribution in [0.2, 0.25) is 5.02 Å². The van der Waals surface area contributed by atoms with Gasteiger partial charge in [0.25, 0.3) is 5.22 Å².